The molecule has 0 radical (unpaired) electrons. The van der Waals surface area contributed by atoms with E-state index in [0.29, 0.717) is 16.7 Å². The van der Waals surface area contributed by atoms with E-state index in [4.69, 9.17) is 16.0 Å². The van der Waals surface area contributed by atoms with Crippen LogP contribution in [-0.4, -0.2) is 16.6 Å². The number of nitrogens with one attached hydrogen (secondary N) is 1. The molecule has 4 nitrogen and oxygen atoms in total. The Morgan fingerprint density at radius 3 is 2.63 bits per heavy atom. The summed E-state index contributed by atoms with van der Waals surface area (Å²) in [4.78, 5) is 18.2. The summed E-state index contributed by atoms with van der Waals surface area (Å²) < 4.78 is 6.06. The Morgan fingerprint density at radius 1 is 1.10 bits per heavy atom. The van der Waals surface area contributed by atoms with Crippen LogP contribution < -0.4 is 5.32 Å². The molecular formula is C24H21ClN2O2S. The molecule has 0 saturated heterocycles. The van der Waals surface area contributed by atoms with Gasteiger partial charge in [-0.3, -0.25) is 4.79 Å². The van der Waals surface area contributed by atoms with Crippen molar-refractivity contribution in [3.8, 4) is 11.5 Å². The summed E-state index contributed by atoms with van der Waals surface area (Å²) in [6, 6.07) is 17.3. The molecule has 0 fully saturated rings. The lowest BCUT2D eigenvalue weighted by Gasteiger charge is -2.11. The molecule has 0 saturated carbocycles. The van der Waals surface area contributed by atoms with E-state index >= 15 is 0 Å². The Bertz CT molecular complexity index is 1230. The Morgan fingerprint density at radius 2 is 1.87 bits per heavy atom. The maximum absolute atomic E-state index is 12.5. The topological polar surface area (TPSA) is 55.1 Å². The van der Waals surface area contributed by atoms with Crippen molar-refractivity contribution >= 4 is 46.1 Å². The second-order valence-electron chi connectivity index (χ2n) is 7.22. The molecule has 1 amide bonds. The molecule has 4 rings (SSSR count). The molecular weight excluding hydrogens is 416 g/mol. The normalized spacial score (nSPS) is 11.1. The second kappa shape index (κ2) is 8.54. The van der Waals surface area contributed by atoms with E-state index in [1.54, 1.807) is 0 Å². The van der Waals surface area contributed by atoms with Gasteiger partial charge in [0.2, 0.25) is 11.8 Å². The average molecular weight is 437 g/mol. The number of hydrogen-bond acceptors (Lipinski definition) is 4. The number of carbonyl (C=O) groups is 1. The fraction of sp³-hybridized carbons (Fsp3) is 0.167. The number of oxazole rings is 1. The Balaban J connectivity index is 1.53. The van der Waals surface area contributed by atoms with Crippen molar-refractivity contribution in [1.29, 1.82) is 0 Å². The summed E-state index contributed by atoms with van der Waals surface area (Å²) in [6.07, 6.45) is 0. The van der Waals surface area contributed by atoms with Crippen molar-refractivity contribution in [3.05, 3.63) is 76.3 Å². The molecule has 0 atom stereocenters. The number of thioether (sulfide) groups is 1. The molecule has 0 spiro atoms. The van der Waals surface area contributed by atoms with Crippen LogP contribution in [0.4, 0.5) is 5.69 Å². The summed E-state index contributed by atoms with van der Waals surface area (Å²) in [5.41, 5.74) is 6.39. The van der Waals surface area contributed by atoms with Crippen LogP contribution in [0.5, 0.6) is 0 Å². The van der Waals surface area contributed by atoms with E-state index in [-0.39, 0.29) is 5.91 Å². The van der Waals surface area contributed by atoms with E-state index in [1.807, 2.05) is 69.3 Å². The first-order valence-electron chi connectivity index (χ1n) is 9.57. The summed E-state index contributed by atoms with van der Waals surface area (Å²) >= 11 is 7.37. The van der Waals surface area contributed by atoms with Crippen LogP contribution in [0.1, 0.15) is 16.7 Å². The van der Waals surface area contributed by atoms with E-state index < -0.39 is 0 Å². The first kappa shape index (κ1) is 20.5. The molecule has 3 aromatic carbocycles. The van der Waals surface area contributed by atoms with Gasteiger partial charge in [-0.05, 0) is 79.9 Å². The standard InChI is InChI=1S/C24H21ClN2O2S/c1-14-11-15(2)23-21(12-14)27-24(29-23)19-5-4-6-20(16(19)3)26-22(28)13-30-18-9-7-17(25)8-10-18/h4-12H,13H2,1-3H3,(H,26,28). The van der Waals surface area contributed by atoms with Crippen molar-refractivity contribution in [1.82, 2.24) is 4.98 Å². The van der Waals surface area contributed by atoms with Crippen LogP contribution in [0.2, 0.25) is 5.02 Å². The highest BCUT2D eigenvalue weighted by Gasteiger charge is 2.15. The molecule has 152 valence electrons. The number of halogens is 1. The number of nitrogens with zero attached hydrogens (tertiary/aromatic N) is 1. The smallest absolute Gasteiger partial charge is 0.234 e. The lowest BCUT2D eigenvalue weighted by molar-refractivity contribution is -0.113. The van der Waals surface area contributed by atoms with Crippen LogP contribution in [0.25, 0.3) is 22.6 Å². The van der Waals surface area contributed by atoms with Gasteiger partial charge in [0, 0.05) is 21.2 Å². The number of amides is 1. The van der Waals surface area contributed by atoms with Crippen molar-refractivity contribution < 1.29 is 9.21 Å². The van der Waals surface area contributed by atoms with Crippen molar-refractivity contribution in [2.24, 2.45) is 0 Å². The quantitative estimate of drug-likeness (QED) is 0.349. The number of aryl methyl sites for hydroxylation is 2. The summed E-state index contributed by atoms with van der Waals surface area (Å²) in [5.74, 6) is 0.800. The summed E-state index contributed by atoms with van der Waals surface area (Å²) in [7, 11) is 0. The van der Waals surface area contributed by atoms with Crippen LogP contribution >= 0.6 is 23.4 Å². The zero-order valence-corrected chi connectivity index (χ0v) is 18.5. The fourth-order valence-corrected chi connectivity index (χ4v) is 4.19. The molecule has 1 aromatic heterocycles. The van der Waals surface area contributed by atoms with E-state index in [1.165, 1.54) is 11.8 Å². The molecule has 6 heteroatoms. The van der Waals surface area contributed by atoms with E-state index in [2.05, 4.69) is 16.4 Å². The Hall–Kier alpha value is -2.76. The third kappa shape index (κ3) is 4.37. The zero-order valence-electron chi connectivity index (χ0n) is 17.0. The number of fused-ring (bicyclic) bond motifs is 1. The van der Waals surface area contributed by atoms with Crippen molar-refractivity contribution in [2.45, 2.75) is 25.7 Å². The second-order valence-corrected chi connectivity index (χ2v) is 8.70. The highest BCUT2D eigenvalue weighted by atomic mass is 35.5. The van der Waals surface area contributed by atoms with Gasteiger partial charge in [0.1, 0.15) is 5.52 Å². The Labute approximate surface area is 184 Å². The predicted octanol–water partition coefficient (Wildman–Crippen LogP) is 6.80. The van der Waals surface area contributed by atoms with Crippen molar-refractivity contribution in [3.63, 3.8) is 0 Å². The predicted molar refractivity (Wildman–Crippen MR) is 124 cm³/mol. The molecule has 0 unspecified atom stereocenters. The number of aromatic nitrogens is 1. The summed E-state index contributed by atoms with van der Waals surface area (Å²) in [5, 5.41) is 3.68. The van der Waals surface area contributed by atoms with Gasteiger partial charge in [0.05, 0.1) is 5.75 Å². The minimum absolute atomic E-state index is 0.0702. The molecule has 1 heterocycles. The van der Waals surface area contributed by atoms with Crippen LogP contribution in [0.3, 0.4) is 0 Å². The van der Waals surface area contributed by atoms with Gasteiger partial charge < -0.3 is 9.73 Å². The van der Waals surface area contributed by atoms with Gasteiger partial charge >= 0.3 is 0 Å². The molecule has 30 heavy (non-hydrogen) atoms. The van der Waals surface area contributed by atoms with E-state index in [9.17, 15) is 4.79 Å². The zero-order chi connectivity index (χ0) is 21.3. The minimum Gasteiger partial charge on any atom is -0.436 e. The van der Waals surface area contributed by atoms with Crippen LogP contribution in [0, 0.1) is 20.8 Å². The van der Waals surface area contributed by atoms with Gasteiger partial charge in [-0.1, -0.05) is 23.7 Å². The molecule has 0 aliphatic rings. The highest BCUT2D eigenvalue weighted by Crippen LogP contribution is 2.32. The van der Waals surface area contributed by atoms with Gasteiger partial charge in [0.15, 0.2) is 5.58 Å². The molecule has 0 aliphatic heterocycles. The maximum Gasteiger partial charge on any atom is 0.234 e. The highest BCUT2D eigenvalue weighted by molar-refractivity contribution is 8.00. The lowest BCUT2D eigenvalue weighted by Crippen LogP contribution is -2.15. The number of carbonyl (C=O) groups excluding carboxylic acids is 1. The first-order chi connectivity index (χ1) is 14.4. The number of hydrogen-bond donors (Lipinski definition) is 1. The van der Waals surface area contributed by atoms with Crippen LogP contribution in [-0.2, 0) is 4.79 Å². The molecule has 4 aromatic rings. The van der Waals surface area contributed by atoms with Crippen molar-refractivity contribution in [2.75, 3.05) is 11.1 Å². The number of benzene rings is 3. The maximum atomic E-state index is 12.5. The molecule has 0 aliphatic carbocycles. The fourth-order valence-electron chi connectivity index (χ4n) is 3.36. The monoisotopic (exact) mass is 436 g/mol. The van der Waals surface area contributed by atoms with Crippen LogP contribution in [0.15, 0.2) is 63.9 Å². The number of rotatable bonds is 5. The first-order valence-corrected chi connectivity index (χ1v) is 10.9. The third-order valence-corrected chi connectivity index (χ3v) is 6.11. The van der Waals surface area contributed by atoms with E-state index in [0.717, 1.165) is 43.9 Å². The molecule has 0 bridgehead atoms. The number of anilines is 1. The van der Waals surface area contributed by atoms with Gasteiger partial charge in [-0.15, -0.1) is 11.8 Å². The molecule has 1 N–H and O–H groups in total. The summed E-state index contributed by atoms with van der Waals surface area (Å²) in [6.45, 7) is 6.03. The average Bonchev–Trinajstić information content (AvgIpc) is 3.13. The third-order valence-electron chi connectivity index (χ3n) is 4.84. The Kier molecular flexibility index (Phi) is 5.84. The minimum atomic E-state index is -0.0702. The van der Waals surface area contributed by atoms with Gasteiger partial charge in [0.25, 0.3) is 0 Å². The lowest BCUT2D eigenvalue weighted by atomic mass is 10.1. The van der Waals surface area contributed by atoms with Gasteiger partial charge in [-0.2, -0.15) is 0 Å². The van der Waals surface area contributed by atoms with Gasteiger partial charge in [-0.25, -0.2) is 4.98 Å². The SMILES string of the molecule is Cc1cc(C)c2oc(-c3cccc(NC(=O)CSc4ccc(Cl)cc4)c3C)nc2c1. The largest absolute Gasteiger partial charge is 0.436 e.